The molecule has 0 bridgehead atoms. The van der Waals surface area contributed by atoms with Gasteiger partial charge < -0.3 is 14.4 Å². The smallest absolute Gasteiger partial charge is 0.252 e. The van der Waals surface area contributed by atoms with Crippen molar-refractivity contribution in [3.63, 3.8) is 0 Å². The first kappa shape index (κ1) is 47.2. The summed E-state index contributed by atoms with van der Waals surface area (Å²) in [5.41, 5.74) is 23.5. The minimum atomic E-state index is 0.00174. The number of rotatable bonds is 8. The molecule has 0 aliphatic carbocycles. The number of para-hydroxylation sites is 5. The number of thiophene rings is 1. The van der Waals surface area contributed by atoms with E-state index in [0.717, 1.165) is 72.9 Å². The van der Waals surface area contributed by atoms with E-state index < -0.39 is 0 Å². The maximum atomic E-state index is 5.36. The molecule has 2 aliphatic heterocycles. The van der Waals surface area contributed by atoms with Gasteiger partial charge >= 0.3 is 0 Å². The molecule has 17 rings (SSSR count). The summed E-state index contributed by atoms with van der Waals surface area (Å²) in [6.07, 6.45) is 0. The van der Waals surface area contributed by atoms with Gasteiger partial charge in [0.2, 0.25) is 0 Å². The van der Waals surface area contributed by atoms with Crippen molar-refractivity contribution in [1.29, 1.82) is 0 Å². The van der Waals surface area contributed by atoms with Gasteiger partial charge in [0.05, 0.1) is 33.8 Å². The molecule has 12 aromatic carbocycles. The van der Waals surface area contributed by atoms with Crippen LogP contribution >= 0.6 is 11.3 Å². The molecule has 7 heteroatoms. The summed E-state index contributed by atoms with van der Waals surface area (Å²) in [6.45, 7) is 0.00174. The van der Waals surface area contributed by atoms with E-state index in [9.17, 15) is 0 Å². The van der Waals surface area contributed by atoms with Gasteiger partial charge in [0.1, 0.15) is 0 Å². The molecule has 0 N–H and O–H groups in total. The van der Waals surface area contributed by atoms with Crippen molar-refractivity contribution in [3.8, 4) is 61.8 Å². The highest BCUT2D eigenvalue weighted by molar-refractivity contribution is 7.26. The van der Waals surface area contributed by atoms with Crippen molar-refractivity contribution in [2.45, 2.75) is 0 Å². The zero-order chi connectivity index (χ0) is 54.5. The molecular weight excluding hydrogens is 1030 g/mol. The van der Waals surface area contributed by atoms with Crippen molar-refractivity contribution in [1.82, 2.24) is 14.5 Å². The van der Waals surface area contributed by atoms with E-state index in [1.54, 1.807) is 0 Å². The van der Waals surface area contributed by atoms with Crippen molar-refractivity contribution in [3.05, 3.63) is 291 Å². The molecule has 0 atom stereocenters. The second kappa shape index (κ2) is 19.0. The second-order valence-corrected chi connectivity index (χ2v) is 22.6. The highest BCUT2D eigenvalue weighted by atomic mass is 32.1. The highest BCUT2D eigenvalue weighted by Crippen LogP contribution is 2.49. The number of benzene rings is 12. The van der Waals surface area contributed by atoms with Crippen LogP contribution in [-0.4, -0.2) is 21.2 Å². The highest BCUT2D eigenvalue weighted by Gasteiger charge is 2.44. The molecule has 2 aliphatic rings. The summed E-state index contributed by atoms with van der Waals surface area (Å²) in [4.78, 5) is 15.7. The van der Waals surface area contributed by atoms with Gasteiger partial charge in [-0.3, -0.25) is 0 Å². The third-order valence-corrected chi connectivity index (χ3v) is 18.2. The summed E-state index contributed by atoms with van der Waals surface area (Å²) in [7, 11) is 0. The molecule has 0 saturated heterocycles. The van der Waals surface area contributed by atoms with Crippen LogP contribution in [0.3, 0.4) is 0 Å². The van der Waals surface area contributed by atoms with Crippen LogP contribution in [0.15, 0.2) is 291 Å². The molecule has 0 saturated carbocycles. The van der Waals surface area contributed by atoms with Crippen molar-refractivity contribution >= 4 is 111 Å². The molecule has 3 aromatic heterocycles. The zero-order valence-electron chi connectivity index (χ0n) is 44.9. The number of nitrogens with zero attached hydrogens (tertiary/aromatic N) is 5. The fourth-order valence-corrected chi connectivity index (χ4v) is 14.6. The average Bonchev–Trinajstić information content (AvgIpc) is 3.80. The number of fused-ring (bicyclic) bond motifs is 11. The Labute approximate surface area is 485 Å². The first-order valence-electron chi connectivity index (χ1n) is 28.3. The van der Waals surface area contributed by atoms with E-state index in [1.807, 2.05) is 11.3 Å². The van der Waals surface area contributed by atoms with Gasteiger partial charge in [-0.2, -0.15) is 0 Å². The molecule has 5 heterocycles. The lowest BCUT2D eigenvalue weighted by Crippen LogP contribution is -2.61. The van der Waals surface area contributed by atoms with Crippen LogP contribution in [0, 0.1) is 0 Å². The van der Waals surface area contributed by atoms with Crippen molar-refractivity contribution < 1.29 is 0 Å². The third kappa shape index (κ3) is 7.48. The van der Waals surface area contributed by atoms with Crippen LogP contribution < -0.4 is 26.2 Å². The van der Waals surface area contributed by atoms with E-state index >= 15 is 0 Å². The second-order valence-electron chi connectivity index (χ2n) is 21.6. The van der Waals surface area contributed by atoms with Crippen molar-refractivity contribution in [2.75, 3.05) is 9.80 Å². The van der Waals surface area contributed by atoms with E-state index in [2.05, 4.69) is 306 Å². The summed E-state index contributed by atoms with van der Waals surface area (Å²) in [6, 6.07) is 106. The van der Waals surface area contributed by atoms with Gasteiger partial charge in [-0.1, -0.05) is 206 Å². The van der Waals surface area contributed by atoms with Gasteiger partial charge in [0.15, 0.2) is 5.82 Å². The van der Waals surface area contributed by atoms with Crippen LogP contribution in [0.1, 0.15) is 0 Å². The molecule has 0 unspecified atom stereocenters. The van der Waals surface area contributed by atoms with E-state index in [4.69, 9.17) is 9.97 Å². The van der Waals surface area contributed by atoms with Crippen LogP contribution in [-0.2, 0) is 0 Å². The van der Waals surface area contributed by atoms with E-state index in [1.165, 1.54) is 75.6 Å². The molecule has 386 valence electrons. The van der Waals surface area contributed by atoms with Gasteiger partial charge in [-0.05, 0) is 112 Å². The predicted octanol–water partition coefficient (Wildman–Crippen LogP) is 18.4. The zero-order valence-corrected chi connectivity index (χ0v) is 45.8. The molecule has 0 spiro atoms. The summed E-state index contributed by atoms with van der Waals surface area (Å²) in [5.74, 6) is 0.666. The number of hydrogen-bond donors (Lipinski definition) is 0. The topological polar surface area (TPSA) is 37.2 Å². The molecule has 0 amide bonds. The number of aromatic nitrogens is 3. The van der Waals surface area contributed by atoms with Gasteiger partial charge in [0, 0.05) is 87.2 Å². The molecule has 5 nitrogen and oxygen atoms in total. The van der Waals surface area contributed by atoms with Crippen LogP contribution in [0.4, 0.5) is 34.1 Å². The lowest BCUT2D eigenvalue weighted by atomic mass is 9.33. The maximum Gasteiger partial charge on any atom is 0.252 e. The largest absolute Gasteiger partial charge is 0.311 e. The first-order valence-corrected chi connectivity index (χ1v) is 29.2. The lowest BCUT2D eigenvalue weighted by molar-refractivity contribution is 1.16. The molecule has 83 heavy (non-hydrogen) atoms. The Hall–Kier alpha value is -10.6. The third-order valence-electron chi connectivity index (χ3n) is 17.0. The Morgan fingerprint density at radius 3 is 1.54 bits per heavy atom. The Morgan fingerprint density at radius 2 is 0.867 bits per heavy atom. The molecule has 0 radical (unpaired) electrons. The van der Waals surface area contributed by atoms with Crippen LogP contribution in [0.2, 0.25) is 0 Å². The average molecular weight is 1070 g/mol. The molecular formula is C76H48BN5S. The molecule has 0 fully saturated rings. The fraction of sp³-hybridized carbons (Fsp3) is 0. The normalized spacial score (nSPS) is 12.5. The van der Waals surface area contributed by atoms with Crippen molar-refractivity contribution in [2.24, 2.45) is 0 Å². The van der Waals surface area contributed by atoms with Gasteiger partial charge in [0.25, 0.3) is 6.71 Å². The van der Waals surface area contributed by atoms with Gasteiger partial charge in [-0.15, -0.1) is 11.3 Å². The number of anilines is 6. The Kier molecular flexibility index (Phi) is 10.8. The van der Waals surface area contributed by atoms with E-state index in [-0.39, 0.29) is 6.71 Å². The Balaban J connectivity index is 0.897. The first-order chi connectivity index (χ1) is 41.2. The van der Waals surface area contributed by atoms with Crippen LogP contribution in [0.25, 0.3) is 104 Å². The minimum Gasteiger partial charge on any atom is -0.311 e. The van der Waals surface area contributed by atoms with Gasteiger partial charge in [-0.25, -0.2) is 9.97 Å². The predicted molar refractivity (Wildman–Crippen MR) is 350 cm³/mol. The maximum absolute atomic E-state index is 5.36. The summed E-state index contributed by atoms with van der Waals surface area (Å²) >= 11 is 1.88. The number of hydrogen-bond acceptors (Lipinski definition) is 5. The molecule has 15 aromatic rings. The SMILES string of the molecule is c1ccc(-c2cc(-c3ccccc3)nc(-c3ccc(-n4c5ccccc5c5c6sc7ccccc7c6ccc54)c(-c4ccc(-c5ccc6c7c5N(c5ccccc5)c5ccccc5B7c5ccccc5N6c5ccccc5)cc4)c3)n2)cc1. The monoisotopic (exact) mass is 1070 g/mol. The fourth-order valence-electron chi connectivity index (χ4n) is 13.4. The summed E-state index contributed by atoms with van der Waals surface area (Å²) in [5, 5.41) is 5.08. The quantitative estimate of drug-likeness (QED) is 0.142. The summed E-state index contributed by atoms with van der Waals surface area (Å²) < 4.78 is 5.08. The Bertz CT molecular complexity index is 4970. The van der Waals surface area contributed by atoms with E-state index in [0.29, 0.717) is 5.82 Å². The van der Waals surface area contributed by atoms with Crippen LogP contribution in [0.5, 0.6) is 0 Å². The Morgan fingerprint density at radius 1 is 0.337 bits per heavy atom. The standard InChI is InChI=1S/C76H48BN5S/c1-5-21-51(22-6-1)63-48-64(52-23-7-2-8-24-52)79-76(78-63)53-41-44-66(82-65-33-17-13-30-59(65)72-69(82)45-43-58-57-29-14-20-36-71(57)83-75(58)72)60(47-53)50-39-37-49(38-40-50)56-42-46-70-73-74(56)81(55-27-11-4-12-28-55)68-35-19-16-32-62(68)77(73)61-31-15-18-34-67(61)80(70)54-25-9-3-10-26-54/h1-48H. The lowest BCUT2D eigenvalue weighted by Gasteiger charge is -2.45. The minimum absolute atomic E-state index is 0.00174.